The maximum atomic E-state index is 11.5. The second-order valence-electron chi connectivity index (χ2n) is 4.60. The lowest BCUT2D eigenvalue weighted by Gasteiger charge is -2.20. The van der Waals surface area contributed by atoms with Gasteiger partial charge < -0.3 is 9.84 Å². The van der Waals surface area contributed by atoms with Crippen molar-refractivity contribution in [2.45, 2.75) is 32.3 Å². The zero-order chi connectivity index (χ0) is 13.1. The van der Waals surface area contributed by atoms with Gasteiger partial charge in [0.25, 0.3) is 0 Å². The highest BCUT2D eigenvalue weighted by atomic mass is 35.5. The zero-order valence-corrected chi connectivity index (χ0v) is 10.8. The molecule has 17 heavy (non-hydrogen) atoms. The van der Waals surface area contributed by atoms with Crippen LogP contribution >= 0.6 is 11.6 Å². The average molecular weight is 258 g/mol. The molecule has 0 unspecified atom stereocenters. The first-order chi connectivity index (χ1) is 7.81. The molecule has 94 valence electrons. The summed E-state index contributed by atoms with van der Waals surface area (Å²) in [5.74, 6) is 0.301. The van der Waals surface area contributed by atoms with Crippen LogP contribution in [0.1, 0.15) is 26.3 Å². The Bertz CT molecular complexity index is 413. The Balaban J connectivity index is 2.78. The number of phenols is 1. The lowest BCUT2D eigenvalue weighted by atomic mass is 10.2. The fourth-order valence-corrected chi connectivity index (χ4v) is 1.45. The van der Waals surface area contributed by atoms with Gasteiger partial charge in [-0.1, -0.05) is 0 Å². The SMILES string of the molecule is CC(C)(C)OC(=O)Nc1ccc(O)cc1CCl. The third-order valence-electron chi connectivity index (χ3n) is 1.87. The molecule has 0 fully saturated rings. The molecule has 0 bridgehead atoms. The van der Waals surface area contributed by atoms with Crippen molar-refractivity contribution < 1.29 is 14.6 Å². The highest BCUT2D eigenvalue weighted by molar-refractivity contribution is 6.17. The summed E-state index contributed by atoms with van der Waals surface area (Å²) in [5.41, 5.74) is 0.617. The van der Waals surface area contributed by atoms with Gasteiger partial charge in [0, 0.05) is 11.6 Å². The number of anilines is 1. The molecule has 1 aromatic carbocycles. The highest BCUT2D eigenvalue weighted by Gasteiger charge is 2.17. The van der Waals surface area contributed by atoms with Crippen molar-refractivity contribution in [1.29, 1.82) is 0 Å². The number of rotatable bonds is 2. The second-order valence-corrected chi connectivity index (χ2v) is 4.87. The number of halogens is 1. The lowest BCUT2D eigenvalue weighted by Crippen LogP contribution is -2.27. The van der Waals surface area contributed by atoms with Gasteiger partial charge in [-0.05, 0) is 44.5 Å². The minimum Gasteiger partial charge on any atom is -0.508 e. The van der Waals surface area contributed by atoms with Crippen LogP contribution in [0.15, 0.2) is 18.2 Å². The molecule has 0 aliphatic carbocycles. The number of alkyl halides is 1. The number of carbonyl (C=O) groups excluding carboxylic acids is 1. The molecule has 0 spiro atoms. The van der Waals surface area contributed by atoms with Crippen molar-refractivity contribution in [2.75, 3.05) is 5.32 Å². The minimum atomic E-state index is -0.553. The normalized spacial score (nSPS) is 11.1. The molecule has 0 atom stereocenters. The van der Waals surface area contributed by atoms with Crippen LogP contribution in [-0.4, -0.2) is 16.8 Å². The van der Waals surface area contributed by atoms with E-state index in [0.717, 1.165) is 0 Å². The third-order valence-corrected chi connectivity index (χ3v) is 2.16. The molecule has 2 N–H and O–H groups in total. The van der Waals surface area contributed by atoms with Gasteiger partial charge in [-0.2, -0.15) is 0 Å². The van der Waals surface area contributed by atoms with E-state index in [1.54, 1.807) is 26.8 Å². The summed E-state index contributed by atoms with van der Waals surface area (Å²) in [4.78, 5) is 11.5. The van der Waals surface area contributed by atoms with E-state index in [-0.39, 0.29) is 11.6 Å². The molecule has 1 aromatic rings. The highest BCUT2D eigenvalue weighted by Crippen LogP contribution is 2.23. The first-order valence-corrected chi connectivity index (χ1v) is 5.73. The summed E-state index contributed by atoms with van der Waals surface area (Å²) < 4.78 is 5.12. The van der Waals surface area contributed by atoms with Crippen LogP contribution in [0.25, 0.3) is 0 Å². The van der Waals surface area contributed by atoms with E-state index in [1.165, 1.54) is 12.1 Å². The molecule has 0 aliphatic heterocycles. The van der Waals surface area contributed by atoms with Crippen molar-refractivity contribution >= 4 is 23.4 Å². The van der Waals surface area contributed by atoms with E-state index in [2.05, 4.69) is 5.32 Å². The van der Waals surface area contributed by atoms with E-state index in [0.29, 0.717) is 11.3 Å². The average Bonchev–Trinajstić information content (AvgIpc) is 2.17. The fraction of sp³-hybridized carbons (Fsp3) is 0.417. The van der Waals surface area contributed by atoms with Crippen molar-refractivity contribution in [1.82, 2.24) is 0 Å². The van der Waals surface area contributed by atoms with Gasteiger partial charge in [0.05, 0.1) is 0 Å². The van der Waals surface area contributed by atoms with Gasteiger partial charge in [-0.15, -0.1) is 11.6 Å². The van der Waals surface area contributed by atoms with E-state index < -0.39 is 11.7 Å². The van der Waals surface area contributed by atoms with Gasteiger partial charge in [0.15, 0.2) is 0 Å². The zero-order valence-electron chi connectivity index (χ0n) is 10.1. The standard InChI is InChI=1S/C12H16ClNO3/c1-12(2,3)17-11(16)14-10-5-4-9(15)6-8(10)7-13/h4-6,15H,7H2,1-3H3,(H,14,16). The third kappa shape index (κ3) is 4.53. The number of hydrogen-bond acceptors (Lipinski definition) is 3. The lowest BCUT2D eigenvalue weighted by molar-refractivity contribution is 0.0636. The predicted molar refractivity (Wildman–Crippen MR) is 67.5 cm³/mol. The van der Waals surface area contributed by atoms with E-state index in [4.69, 9.17) is 16.3 Å². The first-order valence-electron chi connectivity index (χ1n) is 5.19. The smallest absolute Gasteiger partial charge is 0.412 e. The van der Waals surface area contributed by atoms with Crippen LogP contribution < -0.4 is 5.32 Å². The van der Waals surface area contributed by atoms with Crippen molar-refractivity contribution in [3.05, 3.63) is 23.8 Å². The summed E-state index contributed by atoms with van der Waals surface area (Å²) in [5, 5.41) is 11.9. The molecule has 0 saturated carbocycles. The largest absolute Gasteiger partial charge is 0.508 e. The van der Waals surface area contributed by atoms with Crippen molar-refractivity contribution in [3.63, 3.8) is 0 Å². The fourth-order valence-electron chi connectivity index (χ4n) is 1.23. The van der Waals surface area contributed by atoms with Crippen LogP contribution in [0, 0.1) is 0 Å². The molecule has 4 nitrogen and oxygen atoms in total. The van der Waals surface area contributed by atoms with Crippen LogP contribution in [0.5, 0.6) is 5.75 Å². The van der Waals surface area contributed by atoms with E-state index >= 15 is 0 Å². The van der Waals surface area contributed by atoms with Gasteiger partial charge in [-0.25, -0.2) is 4.79 Å². The maximum absolute atomic E-state index is 11.5. The Hall–Kier alpha value is -1.42. The maximum Gasteiger partial charge on any atom is 0.412 e. The molecular weight excluding hydrogens is 242 g/mol. The monoisotopic (exact) mass is 257 g/mol. The summed E-state index contributed by atoms with van der Waals surface area (Å²) in [7, 11) is 0. The molecular formula is C12H16ClNO3. The molecule has 1 amide bonds. The van der Waals surface area contributed by atoms with Gasteiger partial charge >= 0.3 is 6.09 Å². The Morgan fingerprint density at radius 2 is 2.12 bits per heavy atom. The second kappa shape index (κ2) is 5.27. The molecule has 0 saturated heterocycles. The number of aromatic hydroxyl groups is 1. The molecule has 0 aliphatic rings. The van der Waals surface area contributed by atoms with Crippen LogP contribution in [0.4, 0.5) is 10.5 Å². The quantitative estimate of drug-likeness (QED) is 0.630. The Morgan fingerprint density at radius 3 is 2.65 bits per heavy atom. The Morgan fingerprint density at radius 1 is 1.47 bits per heavy atom. The number of nitrogens with one attached hydrogen (secondary N) is 1. The number of amides is 1. The van der Waals surface area contributed by atoms with Crippen LogP contribution in [-0.2, 0) is 10.6 Å². The topological polar surface area (TPSA) is 58.6 Å². The number of benzene rings is 1. The number of phenolic OH excluding ortho intramolecular Hbond substituents is 1. The minimum absolute atomic E-state index is 0.107. The van der Waals surface area contributed by atoms with Gasteiger partial charge in [0.2, 0.25) is 0 Å². The van der Waals surface area contributed by atoms with Gasteiger partial charge in [-0.3, -0.25) is 5.32 Å². The summed E-state index contributed by atoms with van der Waals surface area (Å²) in [6.45, 7) is 5.35. The van der Waals surface area contributed by atoms with Crippen LogP contribution in [0.2, 0.25) is 0 Å². The Kier molecular flexibility index (Phi) is 4.23. The first kappa shape index (κ1) is 13.6. The molecule has 0 heterocycles. The van der Waals surface area contributed by atoms with Crippen LogP contribution in [0.3, 0.4) is 0 Å². The van der Waals surface area contributed by atoms with Gasteiger partial charge in [0.1, 0.15) is 11.4 Å². The summed E-state index contributed by atoms with van der Waals surface area (Å²) >= 11 is 5.72. The van der Waals surface area contributed by atoms with E-state index in [9.17, 15) is 9.90 Å². The predicted octanol–water partition coefficient (Wildman–Crippen LogP) is 3.48. The molecule has 0 radical (unpaired) electrons. The summed E-state index contributed by atoms with van der Waals surface area (Å²) in [6.07, 6.45) is -0.547. The van der Waals surface area contributed by atoms with E-state index in [1.807, 2.05) is 0 Å². The molecule has 1 rings (SSSR count). The number of carbonyl (C=O) groups is 1. The number of hydrogen-bond donors (Lipinski definition) is 2. The number of ether oxygens (including phenoxy) is 1. The molecule has 5 heteroatoms. The summed E-state index contributed by atoms with van der Waals surface area (Å²) in [6, 6.07) is 4.55. The Labute approximate surface area is 106 Å². The molecule has 0 aromatic heterocycles. The van der Waals surface area contributed by atoms with Crippen molar-refractivity contribution in [3.8, 4) is 5.75 Å². The van der Waals surface area contributed by atoms with Crippen molar-refractivity contribution in [2.24, 2.45) is 0 Å².